The fraction of sp³-hybridized carbons (Fsp3) is 0.262. The smallest absolute Gasteiger partial charge is 0.494 e. The molecular weight excluding hydrogens is 819 g/mol. The Morgan fingerprint density at radius 1 is 0.780 bits per heavy atom. The van der Waals surface area contributed by atoms with Gasteiger partial charge in [-0.1, -0.05) is 30.3 Å². The second-order valence-corrected chi connectivity index (χ2v) is 16.3. The molecule has 59 heavy (non-hydrogen) atoms. The van der Waals surface area contributed by atoms with Crippen LogP contribution in [0.3, 0.4) is 0 Å². The van der Waals surface area contributed by atoms with Gasteiger partial charge in [-0.15, -0.1) is 24.9 Å². The first-order valence-electron chi connectivity index (χ1n) is 18.5. The predicted octanol–water partition coefficient (Wildman–Crippen LogP) is 9.31. The van der Waals surface area contributed by atoms with Gasteiger partial charge in [0.05, 0.1) is 17.1 Å². The number of halogens is 6. The van der Waals surface area contributed by atoms with Crippen LogP contribution in [0.1, 0.15) is 28.4 Å². The molecule has 0 spiro atoms. The van der Waals surface area contributed by atoms with E-state index in [0.717, 1.165) is 22.7 Å². The molecule has 0 unspecified atom stereocenters. The van der Waals surface area contributed by atoms with Crippen LogP contribution in [0.2, 0.25) is 0 Å². The normalized spacial score (nSPS) is 13.8. The van der Waals surface area contributed by atoms with Crippen molar-refractivity contribution in [2.75, 3.05) is 55.3 Å². The third-order valence-electron chi connectivity index (χ3n) is 9.21. The van der Waals surface area contributed by atoms with E-state index < -0.39 is 38.9 Å². The molecule has 0 saturated carbocycles. The molecule has 1 amide bonds. The van der Waals surface area contributed by atoms with Crippen LogP contribution in [0.15, 0.2) is 125 Å². The van der Waals surface area contributed by atoms with E-state index in [0.29, 0.717) is 73.6 Å². The van der Waals surface area contributed by atoms with Crippen LogP contribution in [0.5, 0.6) is 11.5 Å². The molecule has 0 aliphatic carbocycles. The zero-order chi connectivity index (χ0) is 42.2. The molecule has 6 rings (SSSR count). The van der Waals surface area contributed by atoms with Gasteiger partial charge in [-0.25, -0.2) is 13.1 Å². The van der Waals surface area contributed by atoms with Crippen LogP contribution < -0.4 is 24.4 Å². The number of rotatable bonds is 15. The minimum Gasteiger partial charge on any atom is -0.494 e. The molecule has 1 aliphatic rings. The number of hydrogen-bond donors (Lipinski definition) is 2. The number of anilines is 2. The Morgan fingerprint density at radius 3 is 2.17 bits per heavy atom. The van der Waals surface area contributed by atoms with Crippen molar-refractivity contribution >= 4 is 39.1 Å². The Bertz CT molecular complexity index is 2320. The number of piperazine rings is 1. The maximum atomic E-state index is 14.0. The Morgan fingerprint density at radius 2 is 1.49 bits per heavy atom. The number of carbonyl (C=O) groups excluding carboxylic acids is 1. The summed E-state index contributed by atoms with van der Waals surface area (Å²) in [5.74, 6) is -0.299. The molecule has 5 aromatic carbocycles. The van der Waals surface area contributed by atoms with Crippen molar-refractivity contribution in [1.29, 1.82) is 0 Å². The lowest BCUT2D eigenvalue weighted by Gasteiger charge is -2.36. The molecule has 17 heteroatoms. The number of sulfonamides is 1. The third-order valence-corrected chi connectivity index (χ3v) is 11.6. The van der Waals surface area contributed by atoms with Gasteiger partial charge in [-0.3, -0.25) is 9.69 Å². The van der Waals surface area contributed by atoms with Gasteiger partial charge in [0.25, 0.3) is 15.9 Å². The lowest BCUT2D eigenvalue weighted by Crippen LogP contribution is -2.46. The molecule has 5 aromatic rings. The Balaban J connectivity index is 1.06. The number of amides is 1. The lowest BCUT2D eigenvalue weighted by molar-refractivity contribution is -0.274. The van der Waals surface area contributed by atoms with Crippen molar-refractivity contribution in [1.82, 2.24) is 9.62 Å². The topological polar surface area (TPSA) is 100 Å². The number of benzene rings is 5. The van der Waals surface area contributed by atoms with E-state index in [1.165, 1.54) is 36.0 Å². The van der Waals surface area contributed by atoms with E-state index in [1.807, 2.05) is 52.9 Å². The minimum absolute atomic E-state index is 0.0234. The molecule has 0 aromatic heterocycles. The van der Waals surface area contributed by atoms with Crippen LogP contribution in [-0.2, 0) is 22.7 Å². The Labute approximate surface area is 342 Å². The zero-order valence-electron chi connectivity index (χ0n) is 31.6. The molecule has 9 nitrogen and oxygen atoms in total. The molecule has 0 radical (unpaired) electrons. The van der Waals surface area contributed by atoms with Crippen molar-refractivity contribution in [3.05, 3.63) is 132 Å². The summed E-state index contributed by atoms with van der Waals surface area (Å²) < 4.78 is 120. The summed E-state index contributed by atoms with van der Waals surface area (Å²) in [6.45, 7) is 5.00. The highest BCUT2D eigenvalue weighted by Gasteiger charge is 2.35. The monoisotopic (exact) mass is 858 g/mol. The van der Waals surface area contributed by atoms with Gasteiger partial charge in [-0.05, 0) is 109 Å². The van der Waals surface area contributed by atoms with Crippen molar-refractivity contribution in [2.45, 2.75) is 35.8 Å². The summed E-state index contributed by atoms with van der Waals surface area (Å²) in [5, 5.41) is 2.73. The van der Waals surface area contributed by atoms with Gasteiger partial charge < -0.3 is 19.7 Å². The summed E-state index contributed by atoms with van der Waals surface area (Å²) in [7, 11) is -4.68. The van der Waals surface area contributed by atoms with E-state index in [9.17, 15) is 39.6 Å². The molecule has 312 valence electrons. The molecule has 0 atom stereocenters. The van der Waals surface area contributed by atoms with Crippen molar-refractivity contribution in [3.8, 4) is 22.6 Å². The van der Waals surface area contributed by atoms with Gasteiger partial charge in [0.1, 0.15) is 11.5 Å². The minimum atomic E-state index is -4.87. The molecule has 0 bridgehead atoms. The number of alkyl halides is 6. The summed E-state index contributed by atoms with van der Waals surface area (Å²) in [6, 6.07) is 29.6. The average Bonchev–Trinajstić information content (AvgIpc) is 3.19. The highest BCUT2D eigenvalue weighted by molar-refractivity contribution is 7.99. The number of nitrogens with zero attached hydrogens (tertiary/aromatic N) is 2. The van der Waals surface area contributed by atoms with Crippen molar-refractivity contribution < 1.29 is 49.0 Å². The van der Waals surface area contributed by atoms with Crippen LogP contribution in [0.25, 0.3) is 11.1 Å². The van der Waals surface area contributed by atoms with Crippen molar-refractivity contribution in [2.24, 2.45) is 0 Å². The quantitative estimate of drug-likeness (QED) is 0.0607. The largest absolute Gasteiger partial charge is 0.573 e. The first kappa shape index (κ1) is 43.2. The maximum absolute atomic E-state index is 14.0. The predicted molar refractivity (Wildman–Crippen MR) is 215 cm³/mol. The molecule has 1 aliphatic heterocycles. The lowest BCUT2D eigenvalue weighted by atomic mass is 10.0. The number of ether oxygens (including phenoxy) is 2. The number of carbonyl (C=O) groups is 1. The molecule has 1 fully saturated rings. The standard InChI is InChI=1S/C42H40F6N4O5S2/c1-2-56-34-8-6-7-31(25-34)32-23-29(24-35(26-32)57-42(46,47)48)28-51-18-20-52(21-19-51)33-13-11-30(12-14-33)40(53)50-59(54,55)37-15-16-39(38(27-37)41(43,44)45)49-17-22-58-36-9-4-3-5-10-36/h3-16,23-27,49H,2,17-22,28H2,1H3,(H,50,53). The van der Waals surface area contributed by atoms with Gasteiger partial charge >= 0.3 is 12.5 Å². The number of thioether (sulfide) groups is 1. The van der Waals surface area contributed by atoms with Gasteiger partial charge in [0.2, 0.25) is 0 Å². The number of nitrogens with one attached hydrogen (secondary N) is 2. The fourth-order valence-electron chi connectivity index (χ4n) is 6.48. The van der Waals surface area contributed by atoms with E-state index in [4.69, 9.17) is 4.74 Å². The highest BCUT2D eigenvalue weighted by Crippen LogP contribution is 2.37. The fourth-order valence-corrected chi connectivity index (χ4v) is 8.27. The molecule has 1 heterocycles. The number of hydrogen-bond acceptors (Lipinski definition) is 9. The second-order valence-electron chi connectivity index (χ2n) is 13.4. The van der Waals surface area contributed by atoms with E-state index in [1.54, 1.807) is 36.4 Å². The third kappa shape index (κ3) is 12.1. The zero-order valence-corrected chi connectivity index (χ0v) is 33.3. The van der Waals surface area contributed by atoms with E-state index >= 15 is 0 Å². The second kappa shape index (κ2) is 18.7. The van der Waals surface area contributed by atoms with Gasteiger partial charge in [0, 0.05) is 66.9 Å². The van der Waals surface area contributed by atoms with E-state index in [-0.39, 0.29) is 23.5 Å². The van der Waals surface area contributed by atoms with E-state index in [2.05, 4.69) is 15.0 Å². The molecule has 2 N–H and O–H groups in total. The average molecular weight is 859 g/mol. The van der Waals surface area contributed by atoms with Crippen LogP contribution in [0, 0.1) is 0 Å². The Hall–Kier alpha value is -5.39. The van der Waals surface area contributed by atoms with Crippen LogP contribution >= 0.6 is 11.8 Å². The first-order valence-corrected chi connectivity index (χ1v) is 20.9. The van der Waals surface area contributed by atoms with Gasteiger partial charge in [-0.2, -0.15) is 13.2 Å². The van der Waals surface area contributed by atoms with Crippen molar-refractivity contribution in [3.63, 3.8) is 0 Å². The maximum Gasteiger partial charge on any atom is 0.573 e. The summed E-state index contributed by atoms with van der Waals surface area (Å²) in [6.07, 6.45) is -9.74. The summed E-state index contributed by atoms with van der Waals surface area (Å²) in [5.41, 5.74) is 1.09. The molecular formula is C42H40F6N4O5S2. The highest BCUT2D eigenvalue weighted by atomic mass is 32.2. The van der Waals surface area contributed by atoms with Crippen LogP contribution in [-0.4, -0.2) is 70.7 Å². The SMILES string of the molecule is CCOc1cccc(-c2cc(CN3CCN(c4ccc(C(=O)NS(=O)(=O)c5ccc(NCCSc6ccccc6)c(C(F)(F)F)c5)cc4)CC3)cc(OC(F)(F)F)c2)c1. The summed E-state index contributed by atoms with van der Waals surface area (Å²) in [4.78, 5) is 17.4. The first-order chi connectivity index (χ1) is 28.1. The Kier molecular flexibility index (Phi) is 13.7. The summed E-state index contributed by atoms with van der Waals surface area (Å²) >= 11 is 1.45. The molecule has 1 saturated heterocycles. The van der Waals surface area contributed by atoms with Gasteiger partial charge in [0.15, 0.2) is 0 Å². The van der Waals surface area contributed by atoms with Crippen LogP contribution in [0.4, 0.5) is 37.7 Å².